The maximum atomic E-state index is 13.5. The molecule has 0 saturated carbocycles. The molecular formula is C28H34F3N4O3P. The summed E-state index contributed by atoms with van der Waals surface area (Å²) in [6, 6.07) is 7.13. The van der Waals surface area contributed by atoms with Crippen LogP contribution in [0.5, 0.6) is 5.75 Å². The van der Waals surface area contributed by atoms with Crippen LogP contribution in [0.4, 0.5) is 19.0 Å². The van der Waals surface area contributed by atoms with E-state index < -0.39 is 24.9 Å². The number of aryl methyl sites for hydroxylation is 1. The molecular weight excluding hydrogens is 528 g/mol. The summed E-state index contributed by atoms with van der Waals surface area (Å²) in [5.74, 6) is 1.36. The summed E-state index contributed by atoms with van der Waals surface area (Å²) < 4.78 is 60.3. The lowest BCUT2D eigenvalue weighted by molar-refractivity contribution is -0.138. The number of anilines is 1. The highest BCUT2D eigenvalue weighted by molar-refractivity contribution is 7.70. The molecule has 1 saturated heterocycles. The van der Waals surface area contributed by atoms with Crippen molar-refractivity contribution >= 4 is 35.1 Å². The number of likely N-dealkylation sites (tertiary alicyclic amines) is 1. The second-order valence-electron chi connectivity index (χ2n) is 10.7. The second-order valence-corrected chi connectivity index (χ2v) is 13.9. The molecule has 7 nitrogen and oxygen atoms in total. The average Bonchev–Trinajstić information content (AvgIpc) is 3.18. The van der Waals surface area contributed by atoms with E-state index in [0.717, 1.165) is 6.07 Å². The summed E-state index contributed by atoms with van der Waals surface area (Å²) in [4.78, 5) is 22.8. The molecule has 0 radical (unpaired) electrons. The van der Waals surface area contributed by atoms with Crippen molar-refractivity contribution in [1.82, 2.24) is 14.9 Å². The zero-order valence-corrected chi connectivity index (χ0v) is 24.1. The van der Waals surface area contributed by atoms with Gasteiger partial charge in [-0.25, -0.2) is 9.97 Å². The molecule has 1 amide bonds. The first-order valence-electron chi connectivity index (χ1n) is 12.8. The van der Waals surface area contributed by atoms with E-state index >= 15 is 0 Å². The lowest BCUT2D eigenvalue weighted by Crippen LogP contribution is -2.30. The minimum atomic E-state index is -4.45. The number of rotatable bonds is 6. The van der Waals surface area contributed by atoms with Gasteiger partial charge in [-0.1, -0.05) is 19.1 Å². The van der Waals surface area contributed by atoms with E-state index in [2.05, 4.69) is 15.3 Å². The Labute approximate surface area is 226 Å². The minimum absolute atomic E-state index is 0.0300. The van der Waals surface area contributed by atoms with Crippen molar-refractivity contribution in [3.63, 3.8) is 0 Å². The number of ether oxygens (including phenoxy) is 1. The summed E-state index contributed by atoms with van der Waals surface area (Å²) in [6.45, 7) is 12.8. The van der Waals surface area contributed by atoms with E-state index in [0.29, 0.717) is 52.3 Å². The first kappa shape index (κ1) is 28.9. The summed E-state index contributed by atoms with van der Waals surface area (Å²) in [5, 5.41) is 4.41. The van der Waals surface area contributed by atoms with Crippen LogP contribution in [0.1, 0.15) is 49.3 Å². The maximum absolute atomic E-state index is 13.5. The van der Waals surface area contributed by atoms with Crippen LogP contribution in [0.2, 0.25) is 0 Å². The van der Waals surface area contributed by atoms with Crippen LogP contribution in [0.3, 0.4) is 0 Å². The normalized spacial score (nSPS) is 18.9. The van der Waals surface area contributed by atoms with Crippen molar-refractivity contribution in [2.24, 2.45) is 5.92 Å². The smallest absolute Gasteiger partial charge is 0.416 e. The fourth-order valence-corrected chi connectivity index (χ4v) is 6.19. The summed E-state index contributed by atoms with van der Waals surface area (Å²) >= 11 is 0. The molecule has 0 aliphatic carbocycles. The Hall–Kier alpha value is -3.13. The van der Waals surface area contributed by atoms with Crippen LogP contribution in [-0.2, 0) is 15.5 Å². The van der Waals surface area contributed by atoms with E-state index in [1.807, 2.05) is 6.92 Å². The van der Waals surface area contributed by atoms with Crippen molar-refractivity contribution in [3.05, 3.63) is 52.8 Å². The predicted molar refractivity (Wildman–Crippen MR) is 147 cm³/mol. The first-order valence-corrected chi connectivity index (χ1v) is 15.4. The maximum Gasteiger partial charge on any atom is 0.416 e. The van der Waals surface area contributed by atoms with Crippen molar-refractivity contribution in [1.29, 1.82) is 0 Å². The van der Waals surface area contributed by atoms with Gasteiger partial charge < -0.3 is 19.5 Å². The van der Waals surface area contributed by atoms with Crippen LogP contribution in [0, 0.1) is 19.8 Å². The number of fused-ring (bicyclic) bond motifs is 1. The van der Waals surface area contributed by atoms with Gasteiger partial charge in [-0.15, -0.1) is 0 Å². The Bertz CT molecular complexity index is 1470. The van der Waals surface area contributed by atoms with Gasteiger partial charge in [-0.2, -0.15) is 13.2 Å². The third-order valence-electron chi connectivity index (χ3n) is 7.24. The molecule has 4 rings (SSSR count). The number of alkyl halides is 3. The third-order valence-corrected chi connectivity index (χ3v) is 8.75. The Morgan fingerprint density at radius 3 is 2.46 bits per heavy atom. The van der Waals surface area contributed by atoms with Crippen molar-refractivity contribution in [2.45, 2.75) is 52.9 Å². The number of hydrogen-bond acceptors (Lipinski definition) is 6. The van der Waals surface area contributed by atoms with Gasteiger partial charge in [0.2, 0.25) is 5.91 Å². The number of nitrogens with one attached hydrogen (secondary N) is 1. The number of nitrogens with zero attached hydrogens (tertiary/aromatic N) is 3. The molecule has 0 spiro atoms. The topological polar surface area (TPSA) is 84.4 Å². The lowest BCUT2D eigenvalue weighted by atomic mass is 9.97. The number of carbonyl (C=O) groups is 1. The number of carbonyl (C=O) groups excluding carboxylic acids is 1. The predicted octanol–water partition coefficient (Wildman–Crippen LogP) is 5.93. The minimum Gasteiger partial charge on any atom is -0.487 e. The first-order chi connectivity index (χ1) is 18.1. The lowest BCUT2D eigenvalue weighted by Gasteiger charge is -2.23. The van der Waals surface area contributed by atoms with Crippen LogP contribution in [-0.4, -0.2) is 53.3 Å². The molecule has 39 heavy (non-hydrogen) atoms. The molecule has 0 bridgehead atoms. The highest BCUT2D eigenvalue weighted by atomic mass is 31.2. The van der Waals surface area contributed by atoms with E-state index in [1.165, 1.54) is 19.9 Å². The molecule has 3 atom stereocenters. The second kappa shape index (κ2) is 10.5. The van der Waals surface area contributed by atoms with Crippen LogP contribution in [0.15, 0.2) is 30.3 Å². The SMILES string of the molecule is CC(=O)N1C[C@H](C)[C@H](Oc2cc3c(N[C@H](C)c4cccc(C(F)(F)F)c4C)nc(C)nc3cc2P(C)(C)=O)C1. The van der Waals surface area contributed by atoms with Crippen molar-refractivity contribution in [3.8, 4) is 5.75 Å². The molecule has 11 heteroatoms. The zero-order valence-electron chi connectivity index (χ0n) is 23.2. The molecule has 1 fully saturated rings. The third kappa shape index (κ3) is 6.06. The van der Waals surface area contributed by atoms with E-state index in [4.69, 9.17) is 4.74 Å². The number of halogens is 3. The molecule has 0 unspecified atom stereocenters. The molecule has 2 heterocycles. The van der Waals surface area contributed by atoms with Crippen LogP contribution in [0.25, 0.3) is 10.9 Å². The van der Waals surface area contributed by atoms with Gasteiger partial charge in [0.25, 0.3) is 0 Å². The Morgan fingerprint density at radius 2 is 1.87 bits per heavy atom. The Kier molecular flexibility index (Phi) is 7.74. The van der Waals surface area contributed by atoms with Gasteiger partial charge in [0.15, 0.2) is 0 Å². The highest BCUT2D eigenvalue weighted by Crippen LogP contribution is 2.42. The fourth-order valence-electron chi connectivity index (χ4n) is 5.11. The molecule has 3 aromatic rings. The monoisotopic (exact) mass is 562 g/mol. The molecule has 2 aromatic carbocycles. The zero-order chi connectivity index (χ0) is 28.9. The fraction of sp³-hybridized carbons (Fsp3) is 0.464. The van der Waals surface area contributed by atoms with Gasteiger partial charge in [0.1, 0.15) is 30.6 Å². The van der Waals surface area contributed by atoms with Crippen molar-refractivity contribution in [2.75, 3.05) is 31.7 Å². The largest absolute Gasteiger partial charge is 0.487 e. The molecule has 1 aromatic heterocycles. The van der Waals surface area contributed by atoms with Crippen molar-refractivity contribution < 1.29 is 27.3 Å². The highest BCUT2D eigenvalue weighted by Gasteiger charge is 2.35. The summed E-state index contributed by atoms with van der Waals surface area (Å²) in [5.41, 5.74) is 0.520. The van der Waals surface area contributed by atoms with Gasteiger partial charge in [-0.3, -0.25) is 4.79 Å². The number of amides is 1. The molecule has 210 valence electrons. The number of aromatic nitrogens is 2. The van der Waals surface area contributed by atoms with Crippen LogP contribution < -0.4 is 15.4 Å². The Morgan fingerprint density at radius 1 is 1.18 bits per heavy atom. The van der Waals surface area contributed by atoms with E-state index in [1.54, 1.807) is 50.3 Å². The number of benzene rings is 2. The number of hydrogen-bond donors (Lipinski definition) is 1. The standard InChI is InChI=1S/C28H34F3N4O3P/c1-15-13-35(19(5)36)14-25(15)38-24-11-21-23(12-26(24)39(6,7)37)33-18(4)34-27(21)32-17(3)20-9-8-10-22(16(20)2)28(29,30)31/h8-12,15,17,25H,13-14H2,1-7H3,(H,32,33,34)/t15-,17+,25+/m0/s1. The average molecular weight is 563 g/mol. The van der Waals surface area contributed by atoms with Gasteiger partial charge in [-0.05, 0) is 63.4 Å². The molecule has 1 aliphatic rings. The Balaban J connectivity index is 1.78. The molecule has 1 N–H and O–H groups in total. The van der Waals surface area contributed by atoms with E-state index in [9.17, 15) is 22.5 Å². The van der Waals surface area contributed by atoms with Crippen LogP contribution >= 0.6 is 7.14 Å². The molecule has 1 aliphatic heterocycles. The van der Waals surface area contributed by atoms with Gasteiger partial charge in [0, 0.05) is 24.8 Å². The summed E-state index contributed by atoms with van der Waals surface area (Å²) in [7, 11) is -2.80. The van der Waals surface area contributed by atoms with Gasteiger partial charge in [0.05, 0.1) is 29.0 Å². The summed E-state index contributed by atoms with van der Waals surface area (Å²) in [6.07, 6.45) is -4.74. The van der Waals surface area contributed by atoms with Gasteiger partial charge >= 0.3 is 6.18 Å². The van der Waals surface area contributed by atoms with E-state index in [-0.39, 0.29) is 23.5 Å². The quantitative estimate of drug-likeness (QED) is 0.375.